The van der Waals surface area contributed by atoms with Gasteiger partial charge in [0.05, 0.1) is 29.5 Å². The van der Waals surface area contributed by atoms with Crippen LogP contribution in [0.4, 0.5) is 5.69 Å². The molecule has 0 saturated heterocycles. The molecule has 8 heteroatoms. The smallest absolute Gasteiger partial charge is 0.327 e. The number of anilines is 1. The molecule has 150 valence electrons. The standard InChI is InChI=1S/C21H21N3O4S/c1-13-17(12-22)19(20(21(25)26)24(13)2)15-10-8-14(9-11-15)16-6-4-5-7-18(16)23-29(3,27)28/h4-11,19-20,23H,1-3H3,(H,25,26). The Kier molecular flexibility index (Phi) is 5.36. The second-order valence-electron chi connectivity index (χ2n) is 7.02. The number of aliphatic carboxylic acids is 1. The van der Waals surface area contributed by atoms with Crippen molar-refractivity contribution < 1.29 is 18.3 Å². The molecule has 1 heterocycles. The largest absolute Gasteiger partial charge is 0.480 e. The molecule has 2 unspecified atom stereocenters. The molecule has 1 aliphatic rings. The molecule has 2 aromatic rings. The summed E-state index contributed by atoms with van der Waals surface area (Å²) in [5.41, 5.74) is 3.74. The van der Waals surface area contributed by atoms with Crippen LogP contribution in [0.3, 0.4) is 0 Å². The summed E-state index contributed by atoms with van der Waals surface area (Å²) in [5, 5.41) is 19.3. The van der Waals surface area contributed by atoms with Crippen LogP contribution in [-0.4, -0.2) is 43.7 Å². The van der Waals surface area contributed by atoms with E-state index in [1.165, 1.54) is 0 Å². The van der Waals surface area contributed by atoms with Crippen LogP contribution < -0.4 is 4.72 Å². The minimum atomic E-state index is -3.43. The summed E-state index contributed by atoms with van der Waals surface area (Å²) in [5.74, 6) is -1.56. The summed E-state index contributed by atoms with van der Waals surface area (Å²) < 4.78 is 25.8. The average Bonchev–Trinajstić information content (AvgIpc) is 2.92. The van der Waals surface area contributed by atoms with Crippen molar-refractivity contribution in [2.75, 3.05) is 18.0 Å². The molecule has 2 atom stereocenters. The SMILES string of the molecule is CC1=C(C#N)C(c2ccc(-c3ccccc3NS(C)(=O)=O)cc2)C(C(=O)O)N1C. The maximum atomic E-state index is 11.8. The van der Waals surface area contributed by atoms with Crippen molar-refractivity contribution in [3.05, 3.63) is 65.4 Å². The van der Waals surface area contributed by atoms with Crippen LogP contribution in [0.1, 0.15) is 18.4 Å². The minimum absolute atomic E-state index is 0.437. The first-order valence-corrected chi connectivity index (χ1v) is 10.8. The molecule has 0 bridgehead atoms. The van der Waals surface area contributed by atoms with Gasteiger partial charge in [0.2, 0.25) is 10.0 Å². The molecule has 0 saturated carbocycles. The van der Waals surface area contributed by atoms with Crippen LogP contribution in [0.2, 0.25) is 0 Å². The van der Waals surface area contributed by atoms with Gasteiger partial charge in [0, 0.05) is 18.3 Å². The first kappa shape index (κ1) is 20.4. The lowest BCUT2D eigenvalue weighted by Crippen LogP contribution is -2.37. The van der Waals surface area contributed by atoms with Crippen LogP contribution in [0.15, 0.2) is 59.8 Å². The lowest BCUT2D eigenvalue weighted by molar-refractivity contribution is -0.142. The second-order valence-corrected chi connectivity index (χ2v) is 8.77. The highest BCUT2D eigenvalue weighted by Gasteiger charge is 2.42. The van der Waals surface area contributed by atoms with E-state index in [0.29, 0.717) is 22.5 Å². The number of nitrogens with zero attached hydrogens (tertiary/aromatic N) is 2. The number of hydrogen-bond acceptors (Lipinski definition) is 5. The highest BCUT2D eigenvalue weighted by molar-refractivity contribution is 7.92. The van der Waals surface area contributed by atoms with Gasteiger partial charge in [-0.25, -0.2) is 13.2 Å². The highest BCUT2D eigenvalue weighted by atomic mass is 32.2. The molecule has 0 radical (unpaired) electrons. The van der Waals surface area contributed by atoms with Crippen molar-refractivity contribution in [1.82, 2.24) is 4.90 Å². The van der Waals surface area contributed by atoms with Crippen molar-refractivity contribution in [2.24, 2.45) is 0 Å². The van der Waals surface area contributed by atoms with Crippen LogP contribution >= 0.6 is 0 Å². The van der Waals surface area contributed by atoms with Gasteiger partial charge in [0.25, 0.3) is 0 Å². The molecular weight excluding hydrogens is 390 g/mol. The predicted molar refractivity (Wildman–Crippen MR) is 111 cm³/mol. The summed E-state index contributed by atoms with van der Waals surface area (Å²) in [4.78, 5) is 13.4. The third-order valence-corrected chi connectivity index (χ3v) is 5.73. The van der Waals surface area contributed by atoms with Gasteiger partial charge in [-0.2, -0.15) is 5.26 Å². The number of carboxylic acids is 1. The van der Waals surface area contributed by atoms with E-state index in [-0.39, 0.29) is 0 Å². The van der Waals surface area contributed by atoms with Gasteiger partial charge in [-0.05, 0) is 24.1 Å². The fourth-order valence-corrected chi connectivity index (χ4v) is 4.28. The van der Waals surface area contributed by atoms with E-state index in [2.05, 4.69) is 10.8 Å². The van der Waals surface area contributed by atoms with Crippen molar-refractivity contribution >= 4 is 21.7 Å². The predicted octanol–water partition coefficient (Wildman–Crippen LogP) is 3.00. The molecule has 0 fully saturated rings. The molecule has 0 amide bonds. The lowest BCUT2D eigenvalue weighted by atomic mass is 9.86. The maximum absolute atomic E-state index is 11.8. The second kappa shape index (κ2) is 7.60. The number of hydrogen-bond donors (Lipinski definition) is 2. The Bertz CT molecular complexity index is 1130. The summed E-state index contributed by atoms with van der Waals surface area (Å²) in [6.07, 6.45) is 1.09. The summed E-state index contributed by atoms with van der Waals surface area (Å²) >= 11 is 0. The molecule has 2 aromatic carbocycles. The number of carbonyl (C=O) groups is 1. The van der Waals surface area contributed by atoms with E-state index in [4.69, 9.17) is 0 Å². The Morgan fingerprint density at radius 3 is 2.34 bits per heavy atom. The van der Waals surface area contributed by atoms with Crippen molar-refractivity contribution in [3.8, 4) is 17.2 Å². The van der Waals surface area contributed by atoms with Crippen molar-refractivity contribution in [1.29, 1.82) is 5.26 Å². The Morgan fingerprint density at radius 1 is 1.17 bits per heavy atom. The van der Waals surface area contributed by atoms with Gasteiger partial charge in [0.1, 0.15) is 6.04 Å². The molecule has 29 heavy (non-hydrogen) atoms. The minimum Gasteiger partial charge on any atom is -0.480 e. The van der Waals surface area contributed by atoms with Gasteiger partial charge < -0.3 is 10.0 Å². The normalized spacial score (nSPS) is 19.2. The average molecular weight is 411 g/mol. The molecule has 0 aliphatic carbocycles. The Morgan fingerprint density at radius 2 is 1.79 bits per heavy atom. The Labute approximate surface area is 169 Å². The Hall–Kier alpha value is -3.31. The zero-order valence-electron chi connectivity index (χ0n) is 16.2. The molecule has 0 spiro atoms. The number of carboxylic acid groups (broad SMARTS) is 1. The first-order valence-electron chi connectivity index (χ1n) is 8.87. The number of para-hydroxylation sites is 1. The van der Waals surface area contributed by atoms with E-state index in [1.807, 2.05) is 6.07 Å². The summed E-state index contributed by atoms with van der Waals surface area (Å²) in [6.45, 7) is 1.75. The van der Waals surface area contributed by atoms with Gasteiger partial charge in [-0.1, -0.05) is 42.5 Å². The van der Waals surface area contributed by atoms with E-state index in [0.717, 1.165) is 17.4 Å². The van der Waals surface area contributed by atoms with E-state index < -0.39 is 28.0 Å². The first-order chi connectivity index (χ1) is 13.6. The molecule has 3 rings (SSSR count). The van der Waals surface area contributed by atoms with Gasteiger partial charge >= 0.3 is 5.97 Å². The van der Waals surface area contributed by atoms with E-state index in [9.17, 15) is 23.6 Å². The monoisotopic (exact) mass is 411 g/mol. The zero-order valence-corrected chi connectivity index (χ0v) is 17.1. The van der Waals surface area contributed by atoms with Crippen molar-refractivity contribution in [3.63, 3.8) is 0 Å². The topological polar surface area (TPSA) is 110 Å². The molecular formula is C21H21N3O4S. The number of allylic oxidation sites excluding steroid dienone is 1. The number of likely N-dealkylation sites (N-methyl/N-ethyl adjacent to an activating group) is 1. The Balaban J connectivity index is 2.02. The number of sulfonamides is 1. The van der Waals surface area contributed by atoms with Crippen LogP contribution in [0.5, 0.6) is 0 Å². The van der Waals surface area contributed by atoms with Crippen LogP contribution in [-0.2, 0) is 14.8 Å². The third-order valence-electron chi connectivity index (χ3n) is 5.14. The summed E-state index contributed by atoms with van der Waals surface area (Å²) in [6, 6.07) is 15.5. The number of benzene rings is 2. The van der Waals surface area contributed by atoms with Gasteiger partial charge in [0.15, 0.2) is 0 Å². The van der Waals surface area contributed by atoms with E-state index in [1.54, 1.807) is 61.3 Å². The quantitative estimate of drug-likeness (QED) is 0.783. The fourth-order valence-electron chi connectivity index (χ4n) is 3.71. The van der Waals surface area contributed by atoms with Gasteiger partial charge in [-0.3, -0.25) is 4.72 Å². The maximum Gasteiger partial charge on any atom is 0.327 e. The van der Waals surface area contributed by atoms with Crippen LogP contribution in [0.25, 0.3) is 11.1 Å². The molecule has 1 aliphatic heterocycles. The number of nitriles is 1. The molecule has 2 N–H and O–H groups in total. The zero-order chi connectivity index (χ0) is 21.3. The van der Waals surface area contributed by atoms with Gasteiger partial charge in [-0.15, -0.1) is 0 Å². The number of rotatable bonds is 5. The van der Waals surface area contributed by atoms with E-state index >= 15 is 0 Å². The van der Waals surface area contributed by atoms with Crippen molar-refractivity contribution in [2.45, 2.75) is 18.9 Å². The highest BCUT2D eigenvalue weighted by Crippen LogP contribution is 2.40. The molecule has 7 nitrogen and oxygen atoms in total. The number of nitrogens with one attached hydrogen (secondary N) is 1. The third kappa shape index (κ3) is 3.96. The molecule has 0 aromatic heterocycles. The fraction of sp³-hybridized carbons (Fsp3) is 0.238. The van der Waals surface area contributed by atoms with Crippen LogP contribution in [0, 0.1) is 11.3 Å². The lowest BCUT2D eigenvalue weighted by Gasteiger charge is -2.24. The summed E-state index contributed by atoms with van der Waals surface area (Å²) in [7, 11) is -1.76.